The highest BCUT2D eigenvalue weighted by atomic mass is 19.1. The molecule has 8 nitrogen and oxygen atoms in total. The Morgan fingerprint density at radius 3 is 2.41 bits per heavy atom. The Morgan fingerprint density at radius 2 is 1.74 bits per heavy atom. The van der Waals surface area contributed by atoms with Crippen LogP contribution in [0.1, 0.15) is 28.0 Å². The number of carbonyl (C=O) groups is 2. The van der Waals surface area contributed by atoms with Crippen molar-refractivity contribution in [1.82, 2.24) is 20.2 Å². The summed E-state index contributed by atoms with van der Waals surface area (Å²) in [4.78, 5) is 34.9. The number of rotatable bonds is 11. The molecule has 0 spiro atoms. The highest BCUT2D eigenvalue weighted by molar-refractivity contribution is 5.92. The van der Waals surface area contributed by atoms with E-state index < -0.39 is 0 Å². The first kappa shape index (κ1) is 24.6. The molecule has 2 amide bonds. The minimum absolute atomic E-state index is 0.110. The van der Waals surface area contributed by atoms with Gasteiger partial charge in [0.25, 0.3) is 5.91 Å². The SMILES string of the molecule is COc1ccc(CCNC(=O)CCN(Cc2ccc(F)cc2)C(=O)c2cnccn2)cc1OC. The molecular formula is C25H27FN4O4. The van der Waals surface area contributed by atoms with Crippen molar-refractivity contribution in [3.05, 3.63) is 83.7 Å². The number of benzene rings is 2. The summed E-state index contributed by atoms with van der Waals surface area (Å²) in [6.07, 6.45) is 5.02. The van der Waals surface area contributed by atoms with Gasteiger partial charge in [-0.1, -0.05) is 18.2 Å². The zero-order chi connectivity index (χ0) is 24.3. The van der Waals surface area contributed by atoms with Crippen molar-refractivity contribution in [3.8, 4) is 11.5 Å². The van der Waals surface area contributed by atoms with Crippen LogP contribution in [0.4, 0.5) is 4.39 Å². The zero-order valence-corrected chi connectivity index (χ0v) is 19.2. The lowest BCUT2D eigenvalue weighted by molar-refractivity contribution is -0.121. The quantitative estimate of drug-likeness (QED) is 0.467. The molecule has 0 atom stereocenters. The number of amides is 2. The predicted molar refractivity (Wildman–Crippen MR) is 124 cm³/mol. The number of halogens is 1. The normalized spacial score (nSPS) is 10.4. The van der Waals surface area contributed by atoms with E-state index >= 15 is 0 Å². The van der Waals surface area contributed by atoms with Gasteiger partial charge in [0.2, 0.25) is 5.91 Å². The molecule has 0 saturated carbocycles. The third kappa shape index (κ3) is 6.99. The maximum atomic E-state index is 13.3. The van der Waals surface area contributed by atoms with Crippen molar-refractivity contribution in [2.24, 2.45) is 0 Å². The summed E-state index contributed by atoms with van der Waals surface area (Å²) in [6, 6.07) is 11.5. The fourth-order valence-corrected chi connectivity index (χ4v) is 3.34. The van der Waals surface area contributed by atoms with Gasteiger partial charge in [-0.2, -0.15) is 0 Å². The lowest BCUT2D eigenvalue weighted by Gasteiger charge is -2.22. The Bertz CT molecular complexity index is 1090. The second-order valence-electron chi connectivity index (χ2n) is 7.48. The molecule has 0 saturated heterocycles. The van der Waals surface area contributed by atoms with Crippen molar-refractivity contribution >= 4 is 11.8 Å². The molecule has 3 aromatic rings. The summed E-state index contributed by atoms with van der Waals surface area (Å²) in [5.41, 5.74) is 1.92. The number of aromatic nitrogens is 2. The van der Waals surface area contributed by atoms with E-state index in [2.05, 4.69) is 15.3 Å². The molecule has 1 heterocycles. The summed E-state index contributed by atoms with van der Waals surface area (Å²) in [5.74, 6) is 0.381. The van der Waals surface area contributed by atoms with Crippen molar-refractivity contribution in [3.63, 3.8) is 0 Å². The Labute approximate surface area is 197 Å². The van der Waals surface area contributed by atoms with Gasteiger partial charge in [0.05, 0.1) is 20.4 Å². The summed E-state index contributed by atoms with van der Waals surface area (Å²) >= 11 is 0. The molecule has 178 valence electrons. The third-order valence-corrected chi connectivity index (χ3v) is 5.15. The maximum Gasteiger partial charge on any atom is 0.274 e. The van der Waals surface area contributed by atoms with Crippen molar-refractivity contribution in [2.45, 2.75) is 19.4 Å². The molecule has 1 aromatic heterocycles. The first-order chi connectivity index (χ1) is 16.5. The number of ether oxygens (including phenoxy) is 2. The molecule has 34 heavy (non-hydrogen) atoms. The van der Waals surface area contributed by atoms with Crippen LogP contribution in [0, 0.1) is 5.82 Å². The lowest BCUT2D eigenvalue weighted by Crippen LogP contribution is -2.35. The van der Waals surface area contributed by atoms with Gasteiger partial charge in [0.1, 0.15) is 11.5 Å². The van der Waals surface area contributed by atoms with E-state index in [1.807, 2.05) is 18.2 Å². The first-order valence-corrected chi connectivity index (χ1v) is 10.8. The molecule has 1 N–H and O–H groups in total. The van der Waals surface area contributed by atoms with Crippen LogP contribution in [-0.2, 0) is 17.8 Å². The Morgan fingerprint density at radius 1 is 1.00 bits per heavy atom. The van der Waals surface area contributed by atoms with E-state index in [1.165, 1.54) is 35.6 Å². The molecule has 0 radical (unpaired) electrons. The Balaban J connectivity index is 1.56. The van der Waals surface area contributed by atoms with Crippen molar-refractivity contribution in [1.29, 1.82) is 0 Å². The standard InChI is InChI=1S/C25H27FN4O4/c1-33-22-8-5-18(15-23(22)34-2)9-11-29-24(31)10-14-30(17-19-3-6-20(26)7-4-19)25(32)21-16-27-12-13-28-21/h3-8,12-13,15-16H,9-11,14,17H2,1-2H3,(H,29,31). The maximum absolute atomic E-state index is 13.3. The minimum Gasteiger partial charge on any atom is -0.493 e. The van der Waals surface area contributed by atoms with Crippen LogP contribution < -0.4 is 14.8 Å². The zero-order valence-electron chi connectivity index (χ0n) is 19.2. The van der Waals surface area contributed by atoms with E-state index in [0.29, 0.717) is 24.5 Å². The fraction of sp³-hybridized carbons (Fsp3) is 0.280. The van der Waals surface area contributed by atoms with Crippen LogP contribution in [-0.4, -0.2) is 54.0 Å². The number of nitrogens with one attached hydrogen (secondary N) is 1. The molecule has 0 aliphatic rings. The molecule has 0 fully saturated rings. The Kier molecular flexibility index (Phi) is 8.90. The number of hydrogen-bond acceptors (Lipinski definition) is 6. The van der Waals surface area contributed by atoms with Gasteiger partial charge in [-0.05, 0) is 41.8 Å². The minimum atomic E-state index is -0.357. The molecule has 2 aromatic carbocycles. The van der Waals surface area contributed by atoms with Gasteiger partial charge >= 0.3 is 0 Å². The van der Waals surface area contributed by atoms with Crippen LogP contribution >= 0.6 is 0 Å². The molecule has 0 aliphatic carbocycles. The van der Waals surface area contributed by atoms with Gasteiger partial charge < -0.3 is 19.7 Å². The van der Waals surface area contributed by atoms with Gasteiger partial charge in [-0.25, -0.2) is 9.37 Å². The topological polar surface area (TPSA) is 93.7 Å². The van der Waals surface area contributed by atoms with E-state index in [9.17, 15) is 14.0 Å². The third-order valence-electron chi connectivity index (χ3n) is 5.15. The number of carbonyl (C=O) groups excluding carboxylic acids is 2. The number of hydrogen-bond donors (Lipinski definition) is 1. The highest BCUT2D eigenvalue weighted by Gasteiger charge is 2.19. The van der Waals surface area contributed by atoms with Crippen LogP contribution in [0.3, 0.4) is 0 Å². The van der Waals surface area contributed by atoms with Gasteiger partial charge in [0.15, 0.2) is 11.5 Å². The monoisotopic (exact) mass is 466 g/mol. The van der Waals surface area contributed by atoms with Crippen LogP contribution in [0.2, 0.25) is 0 Å². The molecule has 0 unspecified atom stereocenters. The van der Waals surface area contributed by atoms with E-state index in [4.69, 9.17) is 9.47 Å². The second-order valence-corrected chi connectivity index (χ2v) is 7.48. The smallest absolute Gasteiger partial charge is 0.274 e. The van der Waals surface area contributed by atoms with Crippen molar-refractivity contribution < 1.29 is 23.5 Å². The summed E-state index contributed by atoms with van der Waals surface area (Å²) in [6.45, 7) is 0.827. The van der Waals surface area contributed by atoms with E-state index in [0.717, 1.165) is 11.1 Å². The first-order valence-electron chi connectivity index (χ1n) is 10.8. The molecule has 9 heteroatoms. The fourth-order valence-electron chi connectivity index (χ4n) is 3.34. The van der Waals surface area contributed by atoms with Gasteiger partial charge in [-0.15, -0.1) is 0 Å². The summed E-state index contributed by atoms with van der Waals surface area (Å²) in [5, 5.41) is 2.88. The molecule has 3 rings (SSSR count). The van der Waals surface area contributed by atoms with Crippen LogP contribution in [0.15, 0.2) is 61.1 Å². The molecule has 0 bridgehead atoms. The van der Waals surface area contributed by atoms with Crippen molar-refractivity contribution in [2.75, 3.05) is 27.3 Å². The number of nitrogens with zero attached hydrogens (tertiary/aromatic N) is 3. The largest absolute Gasteiger partial charge is 0.493 e. The summed E-state index contributed by atoms with van der Waals surface area (Å²) in [7, 11) is 3.15. The van der Waals surface area contributed by atoms with Crippen LogP contribution in [0.5, 0.6) is 11.5 Å². The van der Waals surface area contributed by atoms with Crippen LogP contribution in [0.25, 0.3) is 0 Å². The lowest BCUT2D eigenvalue weighted by atomic mass is 10.1. The van der Waals surface area contributed by atoms with Gasteiger partial charge in [0, 0.05) is 38.4 Å². The van der Waals surface area contributed by atoms with E-state index in [1.54, 1.807) is 26.4 Å². The van der Waals surface area contributed by atoms with Gasteiger partial charge in [-0.3, -0.25) is 14.6 Å². The second kappa shape index (κ2) is 12.3. The average molecular weight is 467 g/mol. The molecular weight excluding hydrogens is 439 g/mol. The average Bonchev–Trinajstić information content (AvgIpc) is 2.87. The molecule has 0 aliphatic heterocycles. The van der Waals surface area contributed by atoms with E-state index in [-0.39, 0.29) is 42.8 Å². The predicted octanol–water partition coefficient (Wildman–Crippen LogP) is 3.02. The highest BCUT2D eigenvalue weighted by Crippen LogP contribution is 2.27. The summed E-state index contributed by atoms with van der Waals surface area (Å²) < 4.78 is 23.8. The Hall–Kier alpha value is -4.01. The number of methoxy groups -OCH3 is 2.